The monoisotopic (exact) mass is 334 g/mol. The lowest BCUT2D eigenvalue weighted by Crippen LogP contribution is -2.19. The van der Waals surface area contributed by atoms with Crippen LogP contribution in [0.3, 0.4) is 0 Å². The zero-order valence-electron chi connectivity index (χ0n) is 11.6. The zero-order chi connectivity index (χ0) is 16.1. The topological polar surface area (TPSA) is 80.0 Å². The van der Waals surface area contributed by atoms with Crippen molar-refractivity contribution >= 4 is 34.7 Å². The Morgan fingerprint density at radius 2 is 2.09 bits per heavy atom. The Morgan fingerprint density at radius 1 is 1.41 bits per heavy atom. The molecule has 5 nitrogen and oxygen atoms in total. The third kappa shape index (κ3) is 3.91. The minimum Gasteiger partial charge on any atom is -0.454 e. The number of carbonyl (C=O) groups excluding carboxylic acids is 2. The number of ketones is 1. The standard InChI is InChI=1S/C15H11ClN2O3S/c1-9-8-22-14(18-9)12(6-17)13(19)7-21-15(20)10-2-4-11(16)5-3-10/h2-5,8,12H,7H2,1H3/t12-/m0/s1. The highest BCUT2D eigenvalue weighted by Crippen LogP contribution is 2.21. The zero-order valence-corrected chi connectivity index (χ0v) is 13.1. The number of halogens is 1. The van der Waals surface area contributed by atoms with Crippen molar-refractivity contribution in [3.8, 4) is 6.07 Å². The third-order valence-electron chi connectivity index (χ3n) is 2.76. The number of carbonyl (C=O) groups is 2. The molecule has 0 saturated heterocycles. The summed E-state index contributed by atoms with van der Waals surface area (Å²) in [6.07, 6.45) is 0. The molecule has 0 spiro atoms. The minimum atomic E-state index is -1.02. The van der Waals surface area contributed by atoms with E-state index in [2.05, 4.69) is 4.98 Å². The van der Waals surface area contributed by atoms with Crippen LogP contribution in [-0.4, -0.2) is 23.3 Å². The summed E-state index contributed by atoms with van der Waals surface area (Å²) < 4.78 is 4.94. The number of Topliss-reactive ketones (excluding diaryl/α,β-unsaturated/α-hetero) is 1. The van der Waals surface area contributed by atoms with Gasteiger partial charge in [-0.2, -0.15) is 5.26 Å². The fourth-order valence-electron chi connectivity index (χ4n) is 1.66. The first-order chi connectivity index (χ1) is 10.5. The Kier molecular flexibility index (Phi) is 5.26. The molecule has 22 heavy (non-hydrogen) atoms. The SMILES string of the molecule is Cc1csc([C@@H](C#N)C(=O)COC(=O)c2ccc(Cl)cc2)n1. The maximum Gasteiger partial charge on any atom is 0.338 e. The molecule has 1 aromatic carbocycles. The van der Waals surface area contributed by atoms with Crippen molar-refractivity contribution in [2.45, 2.75) is 12.8 Å². The highest BCUT2D eigenvalue weighted by molar-refractivity contribution is 7.09. The molecule has 7 heteroatoms. The number of rotatable bonds is 5. The number of aromatic nitrogens is 1. The van der Waals surface area contributed by atoms with Gasteiger partial charge in [-0.15, -0.1) is 11.3 Å². The first-order valence-corrected chi connectivity index (χ1v) is 7.54. The fraction of sp³-hybridized carbons (Fsp3) is 0.200. The van der Waals surface area contributed by atoms with Gasteiger partial charge in [-0.3, -0.25) is 4.79 Å². The molecule has 2 rings (SSSR count). The normalized spacial score (nSPS) is 11.5. The predicted molar refractivity (Wildman–Crippen MR) is 81.9 cm³/mol. The maximum absolute atomic E-state index is 12.0. The van der Waals surface area contributed by atoms with E-state index >= 15 is 0 Å². The van der Waals surface area contributed by atoms with Gasteiger partial charge < -0.3 is 4.74 Å². The molecule has 1 heterocycles. The number of thiazole rings is 1. The molecule has 0 fully saturated rings. The van der Waals surface area contributed by atoms with Crippen molar-refractivity contribution in [2.75, 3.05) is 6.61 Å². The molecule has 1 atom stereocenters. The highest BCUT2D eigenvalue weighted by Gasteiger charge is 2.24. The van der Waals surface area contributed by atoms with Gasteiger partial charge in [0.05, 0.1) is 11.6 Å². The van der Waals surface area contributed by atoms with E-state index < -0.39 is 24.3 Å². The van der Waals surface area contributed by atoms with Crippen LogP contribution in [0.4, 0.5) is 0 Å². The summed E-state index contributed by atoms with van der Waals surface area (Å²) >= 11 is 6.96. The largest absolute Gasteiger partial charge is 0.454 e. The molecule has 0 unspecified atom stereocenters. The van der Waals surface area contributed by atoms with Gasteiger partial charge in [-0.1, -0.05) is 11.6 Å². The quantitative estimate of drug-likeness (QED) is 0.785. The Morgan fingerprint density at radius 3 is 2.64 bits per heavy atom. The number of ether oxygens (including phenoxy) is 1. The lowest BCUT2D eigenvalue weighted by Gasteiger charge is -2.07. The van der Waals surface area contributed by atoms with E-state index in [9.17, 15) is 9.59 Å². The molecule has 1 aromatic heterocycles. The van der Waals surface area contributed by atoms with E-state index in [0.29, 0.717) is 10.0 Å². The predicted octanol–water partition coefficient (Wildman–Crippen LogP) is 3.14. The third-order valence-corrected chi connectivity index (χ3v) is 4.04. The Labute approximate surface area is 136 Å². The number of aryl methyl sites for hydroxylation is 1. The van der Waals surface area contributed by atoms with Crippen LogP contribution in [0.2, 0.25) is 5.02 Å². The molecule has 0 amide bonds. The number of esters is 1. The van der Waals surface area contributed by atoms with Crippen LogP contribution in [0.15, 0.2) is 29.6 Å². The molecule has 0 saturated carbocycles. The van der Waals surface area contributed by atoms with Crippen molar-refractivity contribution < 1.29 is 14.3 Å². The summed E-state index contributed by atoms with van der Waals surface area (Å²) in [7, 11) is 0. The fourth-order valence-corrected chi connectivity index (χ4v) is 2.65. The van der Waals surface area contributed by atoms with Crippen molar-refractivity contribution in [1.82, 2.24) is 4.98 Å². The van der Waals surface area contributed by atoms with Gasteiger partial charge in [0.15, 0.2) is 18.3 Å². The average molecular weight is 335 g/mol. The number of benzene rings is 1. The van der Waals surface area contributed by atoms with Gasteiger partial charge in [0, 0.05) is 16.1 Å². The van der Waals surface area contributed by atoms with Crippen LogP contribution >= 0.6 is 22.9 Å². The number of hydrogen-bond donors (Lipinski definition) is 0. The lowest BCUT2D eigenvalue weighted by molar-refractivity contribution is -0.122. The van der Waals surface area contributed by atoms with E-state index in [4.69, 9.17) is 21.6 Å². The Hall–Kier alpha value is -2.23. The Balaban J connectivity index is 1.98. The molecular formula is C15H11ClN2O3S. The average Bonchev–Trinajstić information content (AvgIpc) is 2.92. The van der Waals surface area contributed by atoms with Crippen molar-refractivity contribution in [3.05, 3.63) is 50.9 Å². The summed E-state index contributed by atoms with van der Waals surface area (Å²) in [5, 5.41) is 11.8. The molecule has 0 radical (unpaired) electrons. The first kappa shape index (κ1) is 16.1. The summed E-state index contributed by atoms with van der Waals surface area (Å²) in [5.41, 5.74) is 1.03. The van der Waals surface area contributed by atoms with Gasteiger partial charge in [-0.25, -0.2) is 9.78 Å². The van der Waals surface area contributed by atoms with Crippen LogP contribution in [0.1, 0.15) is 27.0 Å². The van der Waals surface area contributed by atoms with Crippen LogP contribution in [0.5, 0.6) is 0 Å². The second-order valence-electron chi connectivity index (χ2n) is 4.44. The van der Waals surface area contributed by atoms with Crippen LogP contribution < -0.4 is 0 Å². The minimum absolute atomic E-state index is 0.288. The summed E-state index contributed by atoms with van der Waals surface area (Å²) in [6, 6.07) is 8.00. The van der Waals surface area contributed by atoms with Gasteiger partial charge in [0.25, 0.3) is 0 Å². The summed E-state index contributed by atoms with van der Waals surface area (Å²) in [4.78, 5) is 27.9. The van der Waals surface area contributed by atoms with Crippen molar-refractivity contribution in [1.29, 1.82) is 5.26 Å². The van der Waals surface area contributed by atoms with Gasteiger partial charge in [0.1, 0.15) is 5.01 Å². The van der Waals surface area contributed by atoms with Gasteiger partial charge in [-0.05, 0) is 31.2 Å². The number of nitriles is 1. The Bertz CT molecular complexity index is 734. The van der Waals surface area contributed by atoms with E-state index in [-0.39, 0.29) is 5.56 Å². The van der Waals surface area contributed by atoms with Crippen LogP contribution in [0.25, 0.3) is 0 Å². The second-order valence-corrected chi connectivity index (χ2v) is 5.76. The lowest BCUT2D eigenvalue weighted by atomic mass is 10.1. The van der Waals surface area contributed by atoms with Crippen molar-refractivity contribution in [2.24, 2.45) is 0 Å². The van der Waals surface area contributed by atoms with Crippen LogP contribution in [-0.2, 0) is 9.53 Å². The molecule has 0 bridgehead atoms. The van der Waals surface area contributed by atoms with E-state index in [1.165, 1.54) is 23.5 Å². The first-order valence-electron chi connectivity index (χ1n) is 6.28. The molecule has 112 valence electrons. The molecular weight excluding hydrogens is 324 g/mol. The molecule has 0 aliphatic heterocycles. The number of hydrogen-bond acceptors (Lipinski definition) is 6. The second kappa shape index (κ2) is 7.16. The van der Waals surface area contributed by atoms with Crippen LogP contribution in [0, 0.1) is 18.3 Å². The van der Waals surface area contributed by atoms with Crippen molar-refractivity contribution in [3.63, 3.8) is 0 Å². The maximum atomic E-state index is 12.0. The highest BCUT2D eigenvalue weighted by atomic mass is 35.5. The molecule has 0 aliphatic carbocycles. The number of nitrogens with zero attached hydrogens (tertiary/aromatic N) is 2. The molecule has 2 aromatic rings. The van der Waals surface area contributed by atoms with E-state index in [0.717, 1.165) is 5.69 Å². The molecule has 0 N–H and O–H groups in total. The summed E-state index contributed by atoms with van der Waals surface area (Å²) in [6.45, 7) is 1.30. The van der Waals surface area contributed by atoms with Gasteiger partial charge >= 0.3 is 5.97 Å². The molecule has 0 aliphatic rings. The van der Waals surface area contributed by atoms with Gasteiger partial charge in [0.2, 0.25) is 0 Å². The smallest absolute Gasteiger partial charge is 0.338 e. The van der Waals surface area contributed by atoms with E-state index in [1.54, 1.807) is 24.4 Å². The summed E-state index contributed by atoms with van der Waals surface area (Å²) in [5.74, 6) is -2.16. The van der Waals surface area contributed by atoms with E-state index in [1.807, 2.05) is 6.07 Å².